The fraction of sp³-hybridized carbons (Fsp3) is 0.300. The Labute approximate surface area is 84.2 Å². The number of benzene rings is 1. The van der Waals surface area contributed by atoms with E-state index in [0.717, 1.165) is 6.07 Å². The van der Waals surface area contributed by atoms with Gasteiger partial charge in [0.2, 0.25) is 5.82 Å². The molecule has 0 aromatic heterocycles. The van der Waals surface area contributed by atoms with Crippen molar-refractivity contribution in [1.82, 2.24) is 0 Å². The van der Waals surface area contributed by atoms with E-state index in [1.165, 1.54) is 0 Å². The van der Waals surface area contributed by atoms with Gasteiger partial charge >= 0.3 is 0 Å². The zero-order chi connectivity index (χ0) is 11.2. The molecule has 0 atom stereocenters. The minimum atomic E-state index is -1.41. The lowest BCUT2D eigenvalue weighted by Gasteiger charge is -2.10. The van der Waals surface area contributed by atoms with Crippen molar-refractivity contribution >= 4 is 0 Å². The van der Waals surface area contributed by atoms with Crippen LogP contribution < -0.4 is 0 Å². The smallest absolute Gasteiger partial charge is 0.209 e. The van der Waals surface area contributed by atoms with E-state index in [1.807, 2.05) is 6.07 Å². The quantitative estimate of drug-likeness (QED) is 0.745. The second-order valence-electron chi connectivity index (χ2n) is 3.61. The van der Waals surface area contributed by atoms with Gasteiger partial charge in [-0.15, -0.1) is 0 Å². The highest BCUT2D eigenvalue weighted by molar-refractivity contribution is 5.51. The van der Waals surface area contributed by atoms with Gasteiger partial charge in [-0.05, 0) is 18.9 Å². The second-order valence-corrected chi connectivity index (χ2v) is 3.61. The number of phenolic OH excluding ortho intramolecular Hbond substituents is 2. The zero-order valence-corrected chi connectivity index (χ0v) is 7.59. The lowest BCUT2D eigenvalue weighted by molar-refractivity contribution is 0.361. The lowest BCUT2D eigenvalue weighted by Crippen LogP contribution is -2.05. The van der Waals surface area contributed by atoms with Gasteiger partial charge in [-0.25, -0.2) is 4.39 Å². The van der Waals surface area contributed by atoms with Crippen molar-refractivity contribution in [3.63, 3.8) is 0 Å². The molecule has 1 aromatic rings. The van der Waals surface area contributed by atoms with Gasteiger partial charge in [-0.2, -0.15) is 9.65 Å². The minimum absolute atomic E-state index is 0.0854. The summed E-state index contributed by atoms with van der Waals surface area (Å²) < 4.78 is 26.1. The molecule has 0 spiro atoms. The Balaban J connectivity index is 2.65. The topological polar surface area (TPSA) is 64.2 Å². The molecule has 0 radical (unpaired) electrons. The highest BCUT2D eigenvalue weighted by atomic mass is 19.1. The van der Waals surface area contributed by atoms with Crippen molar-refractivity contribution in [3.8, 4) is 17.6 Å². The number of phenols is 2. The van der Waals surface area contributed by atoms with Crippen LogP contribution in [0.2, 0.25) is 0 Å². The second kappa shape index (κ2) is 2.83. The van der Waals surface area contributed by atoms with Crippen molar-refractivity contribution in [2.75, 3.05) is 0 Å². The van der Waals surface area contributed by atoms with Crippen LogP contribution in [-0.4, -0.2) is 10.2 Å². The molecule has 0 unspecified atom stereocenters. The van der Waals surface area contributed by atoms with Crippen LogP contribution in [0.4, 0.5) is 8.78 Å². The number of nitrogens with zero attached hydrogens (tertiary/aromatic N) is 1. The van der Waals surface area contributed by atoms with Crippen LogP contribution in [0.5, 0.6) is 11.5 Å². The zero-order valence-electron chi connectivity index (χ0n) is 7.59. The van der Waals surface area contributed by atoms with Crippen molar-refractivity contribution in [2.24, 2.45) is 0 Å². The normalized spacial score (nSPS) is 17.1. The van der Waals surface area contributed by atoms with E-state index in [2.05, 4.69) is 0 Å². The molecule has 15 heavy (non-hydrogen) atoms. The fourth-order valence-electron chi connectivity index (χ4n) is 1.53. The first-order valence-corrected chi connectivity index (χ1v) is 4.33. The number of halogens is 2. The first-order chi connectivity index (χ1) is 7.02. The van der Waals surface area contributed by atoms with Crippen molar-refractivity contribution < 1.29 is 19.0 Å². The molecule has 0 bridgehead atoms. The van der Waals surface area contributed by atoms with E-state index in [1.54, 1.807) is 0 Å². The summed E-state index contributed by atoms with van der Waals surface area (Å²) >= 11 is 0. The van der Waals surface area contributed by atoms with Crippen LogP contribution in [-0.2, 0) is 5.41 Å². The van der Waals surface area contributed by atoms with E-state index < -0.39 is 28.5 Å². The highest BCUT2D eigenvalue weighted by Gasteiger charge is 2.48. The molecule has 1 saturated carbocycles. The maximum atomic E-state index is 13.1. The Bertz CT molecular complexity index is 475. The van der Waals surface area contributed by atoms with Gasteiger partial charge in [0, 0.05) is 5.56 Å². The summed E-state index contributed by atoms with van der Waals surface area (Å²) in [6, 6.07) is 2.72. The molecule has 2 rings (SSSR count). The fourth-order valence-corrected chi connectivity index (χ4v) is 1.53. The Hall–Kier alpha value is -1.83. The SMILES string of the molecule is N#CC1(c2cc(F)c(O)c(F)c2O)CC1. The third kappa shape index (κ3) is 1.22. The molecule has 1 aromatic carbocycles. The van der Waals surface area contributed by atoms with Crippen molar-refractivity contribution in [1.29, 1.82) is 5.26 Å². The number of hydrogen-bond donors (Lipinski definition) is 2. The molecule has 3 nitrogen and oxygen atoms in total. The summed E-state index contributed by atoms with van der Waals surface area (Å²) in [4.78, 5) is 0. The van der Waals surface area contributed by atoms with Gasteiger partial charge in [0.25, 0.3) is 0 Å². The molecule has 0 aliphatic heterocycles. The summed E-state index contributed by atoms with van der Waals surface area (Å²) in [5, 5.41) is 27.1. The third-order valence-corrected chi connectivity index (χ3v) is 2.65. The van der Waals surface area contributed by atoms with Gasteiger partial charge in [0.15, 0.2) is 17.3 Å². The number of rotatable bonds is 1. The van der Waals surface area contributed by atoms with E-state index in [0.29, 0.717) is 12.8 Å². The Morgan fingerprint density at radius 2 is 1.87 bits per heavy atom. The first kappa shape index (κ1) is 9.71. The predicted molar refractivity (Wildman–Crippen MR) is 46.2 cm³/mol. The molecule has 0 saturated heterocycles. The maximum Gasteiger partial charge on any atom is 0.209 e. The van der Waals surface area contributed by atoms with E-state index in [4.69, 9.17) is 10.4 Å². The summed E-state index contributed by atoms with van der Waals surface area (Å²) in [6.07, 6.45) is 0.918. The largest absolute Gasteiger partial charge is 0.504 e. The molecule has 1 aliphatic rings. The van der Waals surface area contributed by atoms with Crippen LogP contribution in [0.25, 0.3) is 0 Å². The predicted octanol–water partition coefficient (Wildman–Crippen LogP) is 1.93. The van der Waals surface area contributed by atoms with Crippen LogP contribution in [0.1, 0.15) is 18.4 Å². The van der Waals surface area contributed by atoms with Gasteiger partial charge in [-0.1, -0.05) is 0 Å². The average molecular weight is 211 g/mol. The Kier molecular flexibility index (Phi) is 1.83. The molecule has 0 heterocycles. The number of nitriles is 1. The standard InChI is InChI=1S/C10H7F2NO2/c11-6-3-5(10(4-13)1-2-10)8(14)7(12)9(6)15/h3,14-15H,1-2H2. The summed E-state index contributed by atoms with van der Waals surface area (Å²) in [7, 11) is 0. The van der Waals surface area contributed by atoms with E-state index in [-0.39, 0.29) is 5.56 Å². The molecule has 0 amide bonds. The van der Waals surface area contributed by atoms with E-state index >= 15 is 0 Å². The average Bonchev–Trinajstić information content (AvgIpc) is 3.01. The third-order valence-electron chi connectivity index (χ3n) is 2.65. The Morgan fingerprint density at radius 3 is 2.33 bits per heavy atom. The number of aromatic hydroxyl groups is 2. The molecule has 1 fully saturated rings. The highest BCUT2D eigenvalue weighted by Crippen LogP contribution is 2.52. The molecule has 78 valence electrons. The summed E-state index contributed by atoms with van der Waals surface area (Å²) in [6.45, 7) is 0. The van der Waals surface area contributed by atoms with Gasteiger partial charge in [0.05, 0.1) is 11.5 Å². The van der Waals surface area contributed by atoms with Crippen LogP contribution in [0.15, 0.2) is 6.07 Å². The van der Waals surface area contributed by atoms with Crippen molar-refractivity contribution in [3.05, 3.63) is 23.3 Å². The summed E-state index contributed by atoms with van der Waals surface area (Å²) in [5.74, 6) is -4.63. The number of hydrogen-bond acceptors (Lipinski definition) is 3. The van der Waals surface area contributed by atoms with Crippen molar-refractivity contribution in [2.45, 2.75) is 18.3 Å². The molecule has 5 heteroatoms. The van der Waals surface area contributed by atoms with Crippen LogP contribution >= 0.6 is 0 Å². The molecule has 1 aliphatic carbocycles. The van der Waals surface area contributed by atoms with Gasteiger partial charge < -0.3 is 10.2 Å². The van der Waals surface area contributed by atoms with Gasteiger partial charge in [0.1, 0.15) is 0 Å². The summed E-state index contributed by atoms with van der Waals surface area (Å²) in [5.41, 5.74) is -1.07. The maximum absolute atomic E-state index is 13.1. The van der Waals surface area contributed by atoms with Crippen LogP contribution in [0.3, 0.4) is 0 Å². The first-order valence-electron chi connectivity index (χ1n) is 4.33. The lowest BCUT2D eigenvalue weighted by atomic mass is 9.96. The minimum Gasteiger partial charge on any atom is -0.504 e. The molecule has 2 N–H and O–H groups in total. The molecular weight excluding hydrogens is 204 g/mol. The monoisotopic (exact) mass is 211 g/mol. The Morgan fingerprint density at radius 1 is 1.27 bits per heavy atom. The van der Waals surface area contributed by atoms with E-state index in [9.17, 15) is 13.9 Å². The van der Waals surface area contributed by atoms with Gasteiger partial charge in [-0.3, -0.25) is 0 Å². The molecular formula is C10H7F2NO2. The van der Waals surface area contributed by atoms with Crippen LogP contribution in [0, 0.1) is 23.0 Å².